The van der Waals surface area contributed by atoms with Crippen molar-refractivity contribution in [2.45, 2.75) is 143 Å². The van der Waals surface area contributed by atoms with Gasteiger partial charge < -0.3 is 19.6 Å². The molecule has 0 radical (unpaired) electrons. The summed E-state index contributed by atoms with van der Waals surface area (Å²) in [6.45, 7) is 30.6. The minimum atomic E-state index is -2.75. The molecule has 12 rings (SSSR count). The van der Waals surface area contributed by atoms with Gasteiger partial charge in [0.25, 0.3) is 29.6 Å². The van der Waals surface area contributed by atoms with E-state index in [0.717, 1.165) is 102 Å². The van der Waals surface area contributed by atoms with Gasteiger partial charge in [-0.25, -0.2) is 17.6 Å². The molecular weight excluding hydrogens is 1210 g/mol. The van der Waals surface area contributed by atoms with Gasteiger partial charge in [-0.15, -0.1) is 45.3 Å². The third-order valence-corrected chi connectivity index (χ3v) is 22.6. The summed E-state index contributed by atoms with van der Waals surface area (Å²) in [7, 11) is 0. The highest BCUT2D eigenvalue weighted by molar-refractivity contribution is 7.16. The topological polar surface area (TPSA) is 81.2 Å². The number of likely N-dealkylation sites (tertiary alicyclic amines) is 4. The molecule has 0 saturated carbocycles. The molecule has 4 fully saturated rings. The van der Waals surface area contributed by atoms with Crippen LogP contribution in [-0.2, 0) is 21.7 Å². The zero-order chi connectivity index (χ0) is 65.1. The molecule has 8 nitrogen and oxygen atoms in total. The largest absolute Gasteiger partial charge is 0.339 e. The van der Waals surface area contributed by atoms with E-state index in [1.165, 1.54) is 47.0 Å². The quantitative estimate of drug-likeness (QED) is 0.142. The number of hydrogen-bond donors (Lipinski definition) is 0. The first-order valence-corrected chi connectivity index (χ1v) is 34.4. The molecule has 8 aromatic rings. The van der Waals surface area contributed by atoms with Gasteiger partial charge in [-0.1, -0.05) is 119 Å². The molecule has 4 aliphatic heterocycles. The standard InChI is InChI=1S/C19H21F2NOS.C19H22FNOS.C18H20FNOS.C18H21NOS/c1-18(2,3)16-9-8-15(24-16)13-4-6-14(7-5-13)17(23)22-11-10-19(20,21)12-22;1-19(2,3)17-9-8-16(23-17)13-6-7-14(15(20)12-13)18(22)21-10-4-5-11-21;1-18(2,3)16-8-7-15(22-16)12-5-6-13(14(19)11-12)17(21)20-9-4-10-20;1-18(2,3)16-10-9-15(21-16)13-5-7-14(8-6-13)17(20)19-11-4-12-19/h4-9H,10-12H2,1-3H3;6-9,12H,4-5,10-11H2,1-3H3;5-8,11H,4,9-10H2,1-3H3;5-10H,4,11-12H2,1-3H3. The molecule has 4 amide bonds. The number of amides is 4. The van der Waals surface area contributed by atoms with Gasteiger partial charge in [0.2, 0.25) is 0 Å². The smallest absolute Gasteiger partial charge is 0.267 e. The predicted molar refractivity (Wildman–Crippen MR) is 365 cm³/mol. The van der Waals surface area contributed by atoms with Crippen molar-refractivity contribution in [3.63, 3.8) is 0 Å². The first kappa shape index (κ1) is 67.7. The lowest BCUT2D eigenvalue weighted by Crippen LogP contribution is -2.42. The van der Waals surface area contributed by atoms with Gasteiger partial charge in [-0.2, -0.15) is 0 Å². The lowest BCUT2D eigenvalue weighted by molar-refractivity contribution is 0.0120. The van der Waals surface area contributed by atoms with Crippen LogP contribution in [0.4, 0.5) is 17.6 Å². The van der Waals surface area contributed by atoms with Crippen LogP contribution in [0.25, 0.3) is 41.8 Å². The molecule has 0 N–H and O–H groups in total. The molecule has 90 heavy (non-hydrogen) atoms. The molecule has 4 aliphatic rings. The molecular formula is C74H84F4N4O4S4. The fraction of sp³-hybridized carbons (Fsp3) is 0.405. The number of nitrogens with zero attached hydrogens (tertiary/aromatic N) is 4. The van der Waals surface area contributed by atoms with E-state index in [4.69, 9.17) is 0 Å². The molecule has 0 unspecified atom stereocenters. The third kappa shape index (κ3) is 16.7. The molecule has 4 saturated heterocycles. The van der Waals surface area contributed by atoms with Crippen LogP contribution in [0.5, 0.6) is 0 Å². The van der Waals surface area contributed by atoms with Crippen molar-refractivity contribution < 1.29 is 36.7 Å². The minimum Gasteiger partial charge on any atom is -0.339 e. The van der Waals surface area contributed by atoms with Gasteiger partial charge in [0.15, 0.2) is 0 Å². The fourth-order valence-corrected chi connectivity index (χ4v) is 14.7. The fourth-order valence-electron chi connectivity index (χ4n) is 10.4. The van der Waals surface area contributed by atoms with Crippen LogP contribution in [0, 0.1) is 11.6 Å². The zero-order valence-electron chi connectivity index (χ0n) is 54.0. The van der Waals surface area contributed by atoms with E-state index >= 15 is 0 Å². The van der Waals surface area contributed by atoms with Crippen LogP contribution < -0.4 is 0 Å². The average molecular weight is 1300 g/mol. The van der Waals surface area contributed by atoms with Crippen molar-refractivity contribution in [2.75, 3.05) is 52.4 Å². The van der Waals surface area contributed by atoms with E-state index in [-0.39, 0.29) is 69.4 Å². The van der Waals surface area contributed by atoms with E-state index in [1.807, 2.05) is 64.8 Å². The van der Waals surface area contributed by atoms with Crippen molar-refractivity contribution >= 4 is 69.0 Å². The van der Waals surface area contributed by atoms with Crippen molar-refractivity contribution in [3.8, 4) is 41.8 Å². The Kier molecular flexibility index (Phi) is 20.8. The number of hydrogen-bond acceptors (Lipinski definition) is 8. The molecule has 0 aliphatic carbocycles. The zero-order valence-corrected chi connectivity index (χ0v) is 57.2. The van der Waals surface area contributed by atoms with Crippen LogP contribution >= 0.6 is 45.3 Å². The Labute approximate surface area is 545 Å². The lowest BCUT2D eigenvalue weighted by Gasteiger charge is -2.31. The van der Waals surface area contributed by atoms with Gasteiger partial charge >= 0.3 is 0 Å². The van der Waals surface area contributed by atoms with E-state index in [0.29, 0.717) is 5.56 Å². The van der Waals surface area contributed by atoms with Crippen molar-refractivity contribution in [1.82, 2.24) is 19.6 Å². The maximum Gasteiger partial charge on any atom is 0.267 e. The Morgan fingerprint density at radius 3 is 0.911 bits per heavy atom. The number of rotatable bonds is 8. The Hall–Kier alpha value is -6.72. The Bertz CT molecular complexity index is 3820. The van der Waals surface area contributed by atoms with E-state index in [1.54, 1.807) is 68.1 Å². The SMILES string of the molecule is CC(C)(C)c1ccc(-c2ccc(C(=O)N3CCC(F)(F)C3)cc2)s1.CC(C)(C)c1ccc(-c2ccc(C(=O)N3CCC3)c(F)c2)s1.CC(C)(C)c1ccc(-c2ccc(C(=O)N3CCC3)cc2)s1.CC(C)(C)c1ccc(-c2ccc(C(=O)N3CCCC3)c(F)c2)s1. The van der Waals surface area contributed by atoms with E-state index < -0.39 is 24.1 Å². The second-order valence-electron chi connectivity index (χ2n) is 27.8. The van der Waals surface area contributed by atoms with Crippen molar-refractivity contribution in [3.05, 3.63) is 187 Å². The van der Waals surface area contributed by atoms with Gasteiger partial charge in [0.05, 0.1) is 17.7 Å². The molecule has 16 heteroatoms. The highest BCUT2D eigenvalue weighted by Gasteiger charge is 2.40. The molecule has 476 valence electrons. The maximum atomic E-state index is 14.4. The number of carbonyl (C=O) groups excluding carboxylic acids is 4. The lowest BCUT2D eigenvalue weighted by atomic mass is 9.95. The van der Waals surface area contributed by atoms with E-state index in [2.05, 4.69) is 132 Å². The molecule has 4 aromatic heterocycles. The van der Waals surface area contributed by atoms with Crippen LogP contribution in [0.1, 0.15) is 176 Å². The summed E-state index contributed by atoms with van der Waals surface area (Å²) < 4.78 is 55.3. The molecule has 0 spiro atoms. The second kappa shape index (κ2) is 27.6. The molecule has 4 aromatic carbocycles. The number of carbonyl (C=O) groups is 4. The Morgan fingerprint density at radius 2 is 0.644 bits per heavy atom. The first-order valence-electron chi connectivity index (χ1n) is 31.1. The summed E-state index contributed by atoms with van der Waals surface area (Å²) in [5, 5.41) is 0. The van der Waals surface area contributed by atoms with Crippen molar-refractivity contribution in [2.24, 2.45) is 0 Å². The third-order valence-electron chi connectivity index (χ3n) is 16.3. The average Bonchev–Trinajstić information content (AvgIpc) is 2.00. The minimum absolute atomic E-state index is 0.0904. The summed E-state index contributed by atoms with van der Waals surface area (Å²) in [6, 6.07) is 42.0. The van der Waals surface area contributed by atoms with Gasteiger partial charge in [0, 0.05) is 102 Å². The Morgan fingerprint density at radius 1 is 0.356 bits per heavy atom. The molecule has 0 atom stereocenters. The molecule has 8 heterocycles. The second-order valence-corrected chi connectivity index (χ2v) is 32.2. The monoisotopic (exact) mass is 1300 g/mol. The van der Waals surface area contributed by atoms with Gasteiger partial charge in [-0.3, -0.25) is 19.2 Å². The molecule has 0 bridgehead atoms. The van der Waals surface area contributed by atoms with Gasteiger partial charge in [-0.05, 0) is 167 Å². The number of alkyl halides is 2. The van der Waals surface area contributed by atoms with Crippen LogP contribution in [0.15, 0.2) is 133 Å². The van der Waals surface area contributed by atoms with Crippen LogP contribution in [0.3, 0.4) is 0 Å². The summed E-state index contributed by atoms with van der Waals surface area (Å²) in [4.78, 5) is 65.2. The Balaban J connectivity index is 0.000000142. The van der Waals surface area contributed by atoms with Crippen molar-refractivity contribution in [1.29, 1.82) is 0 Å². The summed E-state index contributed by atoms with van der Waals surface area (Å²) >= 11 is 6.93. The van der Waals surface area contributed by atoms with E-state index in [9.17, 15) is 36.7 Å². The number of thiophene rings is 4. The highest BCUT2D eigenvalue weighted by atomic mass is 32.1. The van der Waals surface area contributed by atoms with Gasteiger partial charge in [0.1, 0.15) is 11.6 Å². The predicted octanol–water partition coefficient (Wildman–Crippen LogP) is 19.5. The normalized spacial score (nSPS) is 15.6. The highest BCUT2D eigenvalue weighted by Crippen LogP contribution is 2.40. The summed E-state index contributed by atoms with van der Waals surface area (Å²) in [5.41, 5.74) is 6.00. The summed E-state index contributed by atoms with van der Waals surface area (Å²) in [5.74, 6) is -4.15. The van der Waals surface area contributed by atoms with Crippen LogP contribution in [0.2, 0.25) is 0 Å². The maximum absolute atomic E-state index is 14.4. The van der Waals surface area contributed by atoms with Crippen LogP contribution in [-0.4, -0.2) is 102 Å². The summed E-state index contributed by atoms with van der Waals surface area (Å²) in [6.07, 6.45) is 3.92. The first-order chi connectivity index (χ1) is 42.3. The number of halogens is 4. The number of benzene rings is 4.